The van der Waals surface area contributed by atoms with Gasteiger partial charge in [0.25, 0.3) is 0 Å². The second-order valence-corrected chi connectivity index (χ2v) is 6.89. The number of nitrogens with zero attached hydrogens (tertiary/aromatic N) is 2. The minimum atomic E-state index is -0.0795. The molecule has 2 aliphatic heterocycles. The number of nitrogens with one attached hydrogen (secondary N) is 1. The highest BCUT2D eigenvalue weighted by Crippen LogP contribution is 2.21. The molecule has 0 spiro atoms. The predicted octanol–water partition coefficient (Wildman–Crippen LogP) is 1.45. The van der Waals surface area contributed by atoms with Crippen LogP contribution in [0.1, 0.15) is 40.5 Å². The number of urea groups is 1. The first-order chi connectivity index (χ1) is 10.4. The van der Waals surface area contributed by atoms with Crippen LogP contribution in [-0.4, -0.2) is 66.2 Å². The Kier molecular flexibility index (Phi) is 5.67. The van der Waals surface area contributed by atoms with Crippen molar-refractivity contribution in [2.45, 2.75) is 58.8 Å². The van der Waals surface area contributed by atoms with Gasteiger partial charge in [-0.2, -0.15) is 0 Å². The molecule has 2 rings (SSSR count). The Hall–Kier alpha value is -1.30. The Morgan fingerprint density at radius 2 is 1.73 bits per heavy atom. The number of hydrogen-bond acceptors (Lipinski definition) is 3. The molecule has 126 valence electrons. The molecular formula is C16H29N3O3. The smallest absolute Gasteiger partial charge is 0.317 e. The Morgan fingerprint density at radius 3 is 2.32 bits per heavy atom. The monoisotopic (exact) mass is 311 g/mol. The zero-order valence-electron chi connectivity index (χ0n) is 14.2. The molecular weight excluding hydrogens is 282 g/mol. The van der Waals surface area contributed by atoms with E-state index < -0.39 is 0 Å². The van der Waals surface area contributed by atoms with Gasteiger partial charge in [-0.1, -0.05) is 0 Å². The van der Waals surface area contributed by atoms with Crippen LogP contribution < -0.4 is 5.32 Å². The van der Waals surface area contributed by atoms with Crippen molar-refractivity contribution in [3.05, 3.63) is 0 Å². The SMILES string of the molecule is CC(C)NC(=O)N1CCC[C@H](C(=O)N2C[C@@H](C)O[C@@H](C)C2)C1. The fraction of sp³-hybridized carbons (Fsp3) is 0.875. The van der Waals surface area contributed by atoms with Crippen molar-refractivity contribution < 1.29 is 14.3 Å². The summed E-state index contributed by atoms with van der Waals surface area (Å²) in [5, 5.41) is 2.91. The number of morpholine rings is 1. The highest BCUT2D eigenvalue weighted by molar-refractivity contribution is 5.81. The van der Waals surface area contributed by atoms with Crippen LogP contribution in [-0.2, 0) is 9.53 Å². The van der Waals surface area contributed by atoms with E-state index in [0.29, 0.717) is 19.6 Å². The van der Waals surface area contributed by atoms with Crippen LogP contribution in [0.3, 0.4) is 0 Å². The van der Waals surface area contributed by atoms with E-state index in [2.05, 4.69) is 5.32 Å². The average molecular weight is 311 g/mol. The summed E-state index contributed by atoms with van der Waals surface area (Å²) in [6, 6.07) is 0.0562. The first kappa shape index (κ1) is 17.1. The highest BCUT2D eigenvalue weighted by Gasteiger charge is 2.34. The van der Waals surface area contributed by atoms with Crippen LogP contribution in [0.2, 0.25) is 0 Å². The van der Waals surface area contributed by atoms with Crippen molar-refractivity contribution >= 4 is 11.9 Å². The molecule has 0 aliphatic carbocycles. The first-order valence-corrected chi connectivity index (χ1v) is 8.36. The van der Waals surface area contributed by atoms with Gasteiger partial charge >= 0.3 is 6.03 Å². The molecule has 6 heteroatoms. The highest BCUT2D eigenvalue weighted by atomic mass is 16.5. The van der Waals surface area contributed by atoms with Crippen molar-refractivity contribution in [1.29, 1.82) is 0 Å². The predicted molar refractivity (Wildman–Crippen MR) is 84.6 cm³/mol. The molecule has 0 radical (unpaired) electrons. The number of carbonyl (C=O) groups excluding carboxylic acids is 2. The number of rotatable bonds is 2. The van der Waals surface area contributed by atoms with Gasteiger partial charge in [-0.3, -0.25) is 4.79 Å². The summed E-state index contributed by atoms with van der Waals surface area (Å²) in [4.78, 5) is 28.6. The van der Waals surface area contributed by atoms with Gasteiger partial charge in [0.1, 0.15) is 0 Å². The molecule has 2 aliphatic rings. The number of amides is 3. The van der Waals surface area contributed by atoms with E-state index in [0.717, 1.165) is 19.4 Å². The standard InChI is InChI=1S/C16H29N3O3/c1-11(2)17-16(21)18-7-5-6-14(10-18)15(20)19-8-12(3)22-13(4)9-19/h11-14H,5-10H2,1-4H3,(H,17,21)/t12-,13+,14-/m0/s1. The quantitative estimate of drug-likeness (QED) is 0.839. The fourth-order valence-electron chi connectivity index (χ4n) is 3.32. The van der Waals surface area contributed by atoms with Crippen LogP contribution in [0.25, 0.3) is 0 Å². The lowest BCUT2D eigenvalue weighted by molar-refractivity contribution is -0.148. The third-order valence-corrected chi connectivity index (χ3v) is 4.20. The minimum absolute atomic E-state index is 0.0591. The van der Waals surface area contributed by atoms with Crippen molar-refractivity contribution in [3.63, 3.8) is 0 Å². The minimum Gasteiger partial charge on any atom is -0.372 e. The second kappa shape index (κ2) is 7.31. The van der Waals surface area contributed by atoms with Gasteiger partial charge in [0.15, 0.2) is 0 Å². The molecule has 0 aromatic carbocycles. The largest absolute Gasteiger partial charge is 0.372 e. The van der Waals surface area contributed by atoms with Crippen LogP contribution in [0.15, 0.2) is 0 Å². The molecule has 0 unspecified atom stereocenters. The van der Waals surface area contributed by atoms with Gasteiger partial charge in [0.05, 0.1) is 18.1 Å². The molecule has 0 bridgehead atoms. The summed E-state index contributed by atoms with van der Waals surface area (Å²) in [5.74, 6) is 0.0909. The fourth-order valence-corrected chi connectivity index (χ4v) is 3.32. The molecule has 0 saturated carbocycles. The molecule has 1 N–H and O–H groups in total. The van der Waals surface area contributed by atoms with Gasteiger partial charge in [-0.25, -0.2) is 4.79 Å². The average Bonchev–Trinajstić information content (AvgIpc) is 2.45. The van der Waals surface area contributed by atoms with E-state index in [1.807, 2.05) is 32.6 Å². The maximum absolute atomic E-state index is 12.7. The lowest BCUT2D eigenvalue weighted by Gasteiger charge is -2.39. The van der Waals surface area contributed by atoms with E-state index in [1.54, 1.807) is 4.90 Å². The number of likely N-dealkylation sites (tertiary alicyclic amines) is 1. The van der Waals surface area contributed by atoms with E-state index in [4.69, 9.17) is 4.74 Å². The summed E-state index contributed by atoms with van der Waals surface area (Å²) >= 11 is 0. The molecule has 2 fully saturated rings. The van der Waals surface area contributed by atoms with Crippen LogP contribution in [0, 0.1) is 5.92 Å². The number of carbonyl (C=O) groups is 2. The summed E-state index contributed by atoms with van der Waals surface area (Å²) in [6.45, 7) is 10.5. The maximum Gasteiger partial charge on any atom is 0.317 e. The third kappa shape index (κ3) is 4.35. The Morgan fingerprint density at radius 1 is 1.09 bits per heavy atom. The third-order valence-electron chi connectivity index (χ3n) is 4.20. The van der Waals surface area contributed by atoms with Gasteiger partial charge in [0.2, 0.25) is 5.91 Å². The van der Waals surface area contributed by atoms with Crippen molar-refractivity contribution in [2.75, 3.05) is 26.2 Å². The zero-order valence-corrected chi connectivity index (χ0v) is 14.2. The van der Waals surface area contributed by atoms with E-state index >= 15 is 0 Å². The Bertz CT molecular complexity index is 403. The molecule has 2 heterocycles. The second-order valence-electron chi connectivity index (χ2n) is 6.89. The molecule has 3 atom stereocenters. The van der Waals surface area contributed by atoms with E-state index in [9.17, 15) is 9.59 Å². The van der Waals surface area contributed by atoms with E-state index in [-0.39, 0.29) is 36.1 Å². The summed E-state index contributed by atoms with van der Waals surface area (Å²) in [6.07, 6.45) is 1.91. The zero-order chi connectivity index (χ0) is 16.3. The Balaban J connectivity index is 1.93. The van der Waals surface area contributed by atoms with E-state index in [1.165, 1.54) is 0 Å². The molecule has 6 nitrogen and oxygen atoms in total. The first-order valence-electron chi connectivity index (χ1n) is 8.36. The van der Waals surface area contributed by atoms with Crippen molar-refractivity contribution in [3.8, 4) is 0 Å². The molecule has 0 aromatic rings. The summed E-state index contributed by atoms with van der Waals surface area (Å²) in [5.41, 5.74) is 0. The van der Waals surface area contributed by atoms with Crippen LogP contribution >= 0.6 is 0 Å². The lowest BCUT2D eigenvalue weighted by Crippen LogP contribution is -2.54. The number of hydrogen-bond donors (Lipinski definition) is 1. The summed E-state index contributed by atoms with van der Waals surface area (Å²) in [7, 11) is 0. The van der Waals surface area contributed by atoms with Gasteiger partial charge in [-0.15, -0.1) is 0 Å². The topological polar surface area (TPSA) is 61.9 Å². The van der Waals surface area contributed by atoms with Crippen LogP contribution in [0.4, 0.5) is 4.79 Å². The molecule has 0 aromatic heterocycles. The van der Waals surface area contributed by atoms with Crippen molar-refractivity contribution in [2.24, 2.45) is 5.92 Å². The van der Waals surface area contributed by atoms with Gasteiger partial charge < -0.3 is 19.9 Å². The molecule has 22 heavy (non-hydrogen) atoms. The summed E-state index contributed by atoms with van der Waals surface area (Å²) < 4.78 is 5.69. The number of piperidine rings is 1. The van der Waals surface area contributed by atoms with Gasteiger partial charge in [0, 0.05) is 32.2 Å². The van der Waals surface area contributed by atoms with Crippen LogP contribution in [0.5, 0.6) is 0 Å². The van der Waals surface area contributed by atoms with Crippen molar-refractivity contribution in [1.82, 2.24) is 15.1 Å². The number of ether oxygens (including phenoxy) is 1. The Labute approximate surface area is 133 Å². The molecule has 2 saturated heterocycles. The lowest BCUT2D eigenvalue weighted by atomic mass is 9.96. The van der Waals surface area contributed by atoms with Gasteiger partial charge in [-0.05, 0) is 40.5 Å². The molecule has 3 amide bonds. The maximum atomic E-state index is 12.7. The normalized spacial score (nSPS) is 29.6.